The first kappa shape index (κ1) is 20.5. The summed E-state index contributed by atoms with van der Waals surface area (Å²) in [5.74, 6) is -0.761. The van der Waals surface area contributed by atoms with E-state index in [0.717, 1.165) is 0 Å². The van der Waals surface area contributed by atoms with Crippen LogP contribution in [-0.2, 0) is 9.59 Å². The molecule has 0 aliphatic carbocycles. The molecule has 1 atom stereocenters. The van der Waals surface area contributed by atoms with Gasteiger partial charge in [-0.05, 0) is 55.0 Å². The van der Waals surface area contributed by atoms with E-state index < -0.39 is 24.6 Å². The predicted molar refractivity (Wildman–Crippen MR) is 102 cm³/mol. The third-order valence-electron chi connectivity index (χ3n) is 3.20. The van der Waals surface area contributed by atoms with Crippen LogP contribution in [0.5, 0.6) is 11.5 Å². The Morgan fingerprint density at radius 2 is 1.93 bits per heavy atom. The molecule has 0 aliphatic rings. The second kappa shape index (κ2) is 9.80. The van der Waals surface area contributed by atoms with Crippen LogP contribution in [0.2, 0.25) is 10.0 Å². The largest absolute Gasteiger partial charge is 0.482 e. The molecule has 2 aromatic carbocycles. The van der Waals surface area contributed by atoms with Crippen LogP contribution in [0.3, 0.4) is 0 Å². The minimum atomic E-state index is -1.06. The van der Waals surface area contributed by atoms with Crippen molar-refractivity contribution in [3.63, 3.8) is 0 Å². The highest BCUT2D eigenvalue weighted by atomic mass is 35.5. The third-order valence-corrected chi connectivity index (χ3v) is 3.73. The number of amides is 1. The molecule has 2 rings (SSSR count). The van der Waals surface area contributed by atoms with Gasteiger partial charge in [-0.2, -0.15) is 5.10 Å². The molecule has 0 saturated carbocycles. The van der Waals surface area contributed by atoms with E-state index in [9.17, 15) is 9.59 Å². The normalized spacial score (nSPS) is 11.8. The molecule has 0 spiro atoms. The van der Waals surface area contributed by atoms with Crippen LogP contribution < -0.4 is 14.9 Å². The van der Waals surface area contributed by atoms with E-state index in [2.05, 4.69) is 10.5 Å². The Morgan fingerprint density at radius 1 is 1.22 bits per heavy atom. The van der Waals surface area contributed by atoms with Gasteiger partial charge in [-0.15, -0.1) is 0 Å². The molecule has 27 heavy (non-hydrogen) atoms. The lowest BCUT2D eigenvalue weighted by Gasteiger charge is -2.14. The first-order chi connectivity index (χ1) is 12.8. The number of nitrogens with zero attached hydrogens (tertiary/aromatic N) is 1. The summed E-state index contributed by atoms with van der Waals surface area (Å²) in [6, 6.07) is 11.2. The van der Waals surface area contributed by atoms with E-state index in [-0.39, 0.29) is 0 Å². The van der Waals surface area contributed by atoms with Crippen LogP contribution in [0.25, 0.3) is 0 Å². The minimum Gasteiger partial charge on any atom is -0.482 e. The summed E-state index contributed by atoms with van der Waals surface area (Å²) in [6.45, 7) is 1.14. The Kier molecular flexibility index (Phi) is 7.45. The van der Waals surface area contributed by atoms with Crippen LogP contribution in [0.4, 0.5) is 0 Å². The Labute approximate surface area is 165 Å². The molecule has 0 saturated heterocycles. The van der Waals surface area contributed by atoms with Crippen LogP contribution in [0.1, 0.15) is 12.5 Å². The number of carboxylic acids is 1. The summed E-state index contributed by atoms with van der Waals surface area (Å²) in [6.07, 6.45) is 0.605. The second-order valence-electron chi connectivity index (χ2n) is 5.32. The SMILES string of the molecule is CC(Oc1ccc(Cl)cc1Cl)C(=O)N/N=C/c1ccc(OCC(=O)O)cc1. The van der Waals surface area contributed by atoms with Gasteiger partial charge in [0.2, 0.25) is 0 Å². The highest BCUT2D eigenvalue weighted by Crippen LogP contribution is 2.28. The first-order valence-corrected chi connectivity index (χ1v) is 8.50. The van der Waals surface area contributed by atoms with Gasteiger partial charge in [0.25, 0.3) is 5.91 Å². The summed E-state index contributed by atoms with van der Waals surface area (Å²) in [5, 5.41) is 13.2. The van der Waals surface area contributed by atoms with E-state index in [1.807, 2.05) is 0 Å². The van der Waals surface area contributed by atoms with Crippen molar-refractivity contribution in [2.45, 2.75) is 13.0 Å². The fraction of sp³-hybridized carbons (Fsp3) is 0.167. The van der Waals surface area contributed by atoms with Gasteiger partial charge < -0.3 is 14.6 Å². The van der Waals surface area contributed by atoms with Crippen LogP contribution in [0, 0.1) is 0 Å². The zero-order valence-electron chi connectivity index (χ0n) is 14.2. The molecule has 0 heterocycles. The lowest BCUT2D eigenvalue weighted by Crippen LogP contribution is -2.33. The summed E-state index contributed by atoms with van der Waals surface area (Å²) < 4.78 is 10.5. The van der Waals surface area contributed by atoms with E-state index in [0.29, 0.717) is 27.1 Å². The number of aliphatic carboxylic acids is 1. The van der Waals surface area contributed by atoms with E-state index >= 15 is 0 Å². The van der Waals surface area contributed by atoms with Crippen molar-refractivity contribution in [1.29, 1.82) is 0 Å². The van der Waals surface area contributed by atoms with Gasteiger partial charge in [-0.25, -0.2) is 10.2 Å². The molecule has 2 aromatic rings. The second-order valence-corrected chi connectivity index (χ2v) is 6.16. The fourth-order valence-corrected chi connectivity index (χ4v) is 2.32. The third kappa shape index (κ3) is 6.80. The minimum absolute atomic E-state index is 0.302. The van der Waals surface area contributed by atoms with Crippen molar-refractivity contribution in [3.05, 3.63) is 58.1 Å². The Bertz CT molecular complexity index is 840. The lowest BCUT2D eigenvalue weighted by molar-refractivity contribution is -0.139. The number of halogens is 2. The standard InChI is InChI=1S/C18H16Cl2N2O5/c1-11(27-16-7-4-13(19)8-15(16)20)18(25)22-21-9-12-2-5-14(6-3-12)26-10-17(23)24/h2-9,11H,10H2,1H3,(H,22,25)(H,23,24)/b21-9+. The quantitative estimate of drug-likeness (QED) is 0.513. The molecule has 9 heteroatoms. The van der Waals surface area contributed by atoms with Gasteiger partial charge in [0.05, 0.1) is 11.2 Å². The Morgan fingerprint density at radius 3 is 2.56 bits per heavy atom. The van der Waals surface area contributed by atoms with Crippen molar-refractivity contribution in [3.8, 4) is 11.5 Å². The van der Waals surface area contributed by atoms with Crippen molar-refractivity contribution in [1.82, 2.24) is 5.43 Å². The summed E-state index contributed by atoms with van der Waals surface area (Å²) in [5.41, 5.74) is 3.05. The molecule has 1 unspecified atom stereocenters. The zero-order chi connectivity index (χ0) is 19.8. The van der Waals surface area contributed by atoms with E-state index in [4.69, 9.17) is 37.8 Å². The van der Waals surface area contributed by atoms with Crippen molar-refractivity contribution in [2.75, 3.05) is 6.61 Å². The smallest absolute Gasteiger partial charge is 0.341 e. The van der Waals surface area contributed by atoms with Crippen LogP contribution in [0.15, 0.2) is 47.6 Å². The van der Waals surface area contributed by atoms with Crippen LogP contribution >= 0.6 is 23.2 Å². The van der Waals surface area contributed by atoms with E-state index in [1.54, 1.807) is 43.3 Å². The Hall–Kier alpha value is -2.77. The number of ether oxygens (including phenoxy) is 2. The van der Waals surface area contributed by atoms with Crippen molar-refractivity contribution >= 4 is 41.3 Å². The molecule has 0 aromatic heterocycles. The highest BCUT2D eigenvalue weighted by Gasteiger charge is 2.15. The molecule has 7 nitrogen and oxygen atoms in total. The average molecular weight is 411 g/mol. The number of hydrogen-bond acceptors (Lipinski definition) is 5. The molecular weight excluding hydrogens is 395 g/mol. The lowest BCUT2D eigenvalue weighted by atomic mass is 10.2. The monoisotopic (exact) mass is 410 g/mol. The molecule has 1 amide bonds. The fourth-order valence-electron chi connectivity index (χ4n) is 1.87. The summed E-state index contributed by atoms with van der Waals surface area (Å²) in [7, 11) is 0. The van der Waals surface area contributed by atoms with Gasteiger partial charge in [-0.1, -0.05) is 23.2 Å². The van der Waals surface area contributed by atoms with Crippen molar-refractivity contribution < 1.29 is 24.2 Å². The summed E-state index contributed by atoms with van der Waals surface area (Å²) in [4.78, 5) is 22.5. The highest BCUT2D eigenvalue weighted by molar-refractivity contribution is 6.35. The zero-order valence-corrected chi connectivity index (χ0v) is 15.7. The van der Waals surface area contributed by atoms with Gasteiger partial charge in [0.1, 0.15) is 11.5 Å². The number of carbonyl (C=O) groups is 2. The average Bonchev–Trinajstić information content (AvgIpc) is 2.63. The number of hydrogen-bond donors (Lipinski definition) is 2. The number of carbonyl (C=O) groups excluding carboxylic acids is 1. The maximum atomic E-state index is 12.0. The van der Waals surface area contributed by atoms with Gasteiger partial charge in [-0.3, -0.25) is 4.79 Å². The number of carboxylic acid groups (broad SMARTS) is 1. The predicted octanol–water partition coefficient (Wildman–Crippen LogP) is 3.37. The molecule has 0 radical (unpaired) electrons. The molecule has 0 fully saturated rings. The number of benzene rings is 2. The maximum Gasteiger partial charge on any atom is 0.341 e. The first-order valence-electron chi connectivity index (χ1n) is 7.74. The number of hydrazone groups is 1. The molecule has 0 bridgehead atoms. The topological polar surface area (TPSA) is 97.2 Å². The van der Waals surface area contributed by atoms with E-state index in [1.165, 1.54) is 12.3 Å². The Balaban J connectivity index is 1.85. The molecular formula is C18H16Cl2N2O5. The number of nitrogens with one attached hydrogen (secondary N) is 1. The summed E-state index contributed by atoms with van der Waals surface area (Å²) >= 11 is 11.8. The van der Waals surface area contributed by atoms with Crippen LogP contribution in [-0.4, -0.2) is 35.9 Å². The maximum absolute atomic E-state index is 12.0. The molecule has 0 aliphatic heterocycles. The molecule has 2 N–H and O–H groups in total. The van der Waals surface area contributed by atoms with Gasteiger partial charge in [0.15, 0.2) is 12.7 Å². The number of rotatable bonds is 8. The molecule has 142 valence electrons. The van der Waals surface area contributed by atoms with Crippen molar-refractivity contribution in [2.24, 2.45) is 5.10 Å². The van der Waals surface area contributed by atoms with Gasteiger partial charge >= 0.3 is 5.97 Å². The van der Waals surface area contributed by atoms with Gasteiger partial charge in [0, 0.05) is 5.02 Å².